The van der Waals surface area contributed by atoms with Crippen LogP contribution >= 0.6 is 12.4 Å². The molecule has 0 bridgehead atoms. The van der Waals surface area contributed by atoms with Gasteiger partial charge in [-0.05, 0) is 38.8 Å². The Bertz CT molecular complexity index is 342. The van der Waals surface area contributed by atoms with Gasteiger partial charge in [-0.3, -0.25) is 9.59 Å². The van der Waals surface area contributed by atoms with Crippen LogP contribution in [-0.4, -0.2) is 62.1 Å². The maximum Gasteiger partial charge on any atom is 0.245 e. The number of ether oxygens (including phenoxy) is 1. The highest BCUT2D eigenvalue weighted by molar-refractivity contribution is 5.87. The SMILES string of the molecule is CC(NC(=O)CC1CCNCC1)C(=O)N1CCOCC1.Cl. The van der Waals surface area contributed by atoms with Crippen LogP contribution in [0.1, 0.15) is 26.2 Å². The van der Waals surface area contributed by atoms with Crippen molar-refractivity contribution >= 4 is 24.2 Å². The van der Waals surface area contributed by atoms with Crippen LogP contribution < -0.4 is 10.6 Å². The number of carbonyl (C=O) groups is 2. The number of morpholine rings is 1. The van der Waals surface area contributed by atoms with Gasteiger partial charge in [0.15, 0.2) is 0 Å². The number of halogens is 1. The summed E-state index contributed by atoms with van der Waals surface area (Å²) in [5, 5.41) is 6.12. The van der Waals surface area contributed by atoms with Gasteiger partial charge in [0.05, 0.1) is 13.2 Å². The van der Waals surface area contributed by atoms with E-state index in [-0.39, 0.29) is 24.2 Å². The Hall–Kier alpha value is -0.850. The Morgan fingerprint density at radius 3 is 2.52 bits per heavy atom. The van der Waals surface area contributed by atoms with E-state index in [2.05, 4.69) is 10.6 Å². The Morgan fingerprint density at radius 1 is 1.29 bits per heavy atom. The van der Waals surface area contributed by atoms with E-state index in [1.54, 1.807) is 11.8 Å². The van der Waals surface area contributed by atoms with Crippen LogP contribution in [-0.2, 0) is 14.3 Å². The average molecular weight is 320 g/mol. The second kappa shape index (κ2) is 9.23. The molecule has 2 aliphatic heterocycles. The summed E-state index contributed by atoms with van der Waals surface area (Å²) in [5.74, 6) is 0.430. The largest absolute Gasteiger partial charge is 0.378 e. The third-order valence-corrected chi connectivity index (χ3v) is 4.00. The summed E-state index contributed by atoms with van der Waals surface area (Å²) < 4.78 is 5.22. The van der Waals surface area contributed by atoms with Crippen LogP contribution in [0.15, 0.2) is 0 Å². The molecule has 2 rings (SSSR count). The highest BCUT2D eigenvalue weighted by Gasteiger charge is 2.24. The highest BCUT2D eigenvalue weighted by Crippen LogP contribution is 2.15. The molecule has 0 aromatic heterocycles. The molecule has 0 radical (unpaired) electrons. The quantitative estimate of drug-likeness (QED) is 0.774. The first-order chi connectivity index (χ1) is 9.66. The fourth-order valence-electron chi connectivity index (χ4n) is 2.77. The molecule has 0 aromatic rings. The van der Waals surface area contributed by atoms with E-state index in [9.17, 15) is 9.59 Å². The maximum absolute atomic E-state index is 12.2. The van der Waals surface area contributed by atoms with Crippen molar-refractivity contribution in [1.82, 2.24) is 15.5 Å². The van der Waals surface area contributed by atoms with Crippen LogP contribution in [0.25, 0.3) is 0 Å². The van der Waals surface area contributed by atoms with E-state index < -0.39 is 6.04 Å². The van der Waals surface area contributed by atoms with Crippen molar-refractivity contribution in [1.29, 1.82) is 0 Å². The molecule has 2 saturated heterocycles. The molecule has 0 aliphatic carbocycles. The van der Waals surface area contributed by atoms with Crippen LogP contribution in [0.2, 0.25) is 0 Å². The predicted octanol–water partition coefficient (Wildman–Crippen LogP) is 0.161. The zero-order chi connectivity index (χ0) is 14.4. The first-order valence-electron chi connectivity index (χ1n) is 7.53. The lowest BCUT2D eigenvalue weighted by atomic mass is 9.94. The zero-order valence-corrected chi connectivity index (χ0v) is 13.4. The fourth-order valence-corrected chi connectivity index (χ4v) is 2.77. The van der Waals surface area contributed by atoms with Crippen molar-refractivity contribution in [2.75, 3.05) is 39.4 Å². The molecule has 21 heavy (non-hydrogen) atoms. The Kier molecular flexibility index (Phi) is 8.00. The smallest absolute Gasteiger partial charge is 0.245 e. The summed E-state index contributed by atoms with van der Waals surface area (Å²) in [6, 6.07) is -0.442. The Balaban J connectivity index is 0.00000220. The van der Waals surface area contributed by atoms with Gasteiger partial charge < -0.3 is 20.3 Å². The van der Waals surface area contributed by atoms with E-state index in [1.807, 2.05) is 0 Å². The molecule has 122 valence electrons. The summed E-state index contributed by atoms with van der Waals surface area (Å²) in [4.78, 5) is 25.9. The molecule has 2 fully saturated rings. The molecule has 2 N–H and O–H groups in total. The number of piperidine rings is 1. The number of hydrogen-bond acceptors (Lipinski definition) is 4. The lowest BCUT2D eigenvalue weighted by Crippen LogP contribution is -2.50. The Morgan fingerprint density at radius 2 is 1.90 bits per heavy atom. The number of rotatable bonds is 4. The third kappa shape index (κ3) is 5.80. The summed E-state index contributed by atoms with van der Waals surface area (Å²) in [6.07, 6.45) is 2.61. The molecular formula is C14H26ClN3O3. The topological polar surface area (TPSA) is 70.7 Å². The van der Waals surface area contributed by atoms with Crippen LogP contribution in [0.3, 0.4) is 0 Å². The number of nitrogens with one attached hydrogen (secondary N) is 2. The van der Waals surface area contributed by atoms with E-state index in [0.717, 1.165) is 25.9 Å². The number of carbonyl (C=O) groups excluding carboxylic acids is 2. The molecule has 0 spiro atoms. The van der Waals surface area contributed by atoms with E-state index in [1.165, 1.54) is 0 Å². The molecule has 0 saturated carbocycles. The minimum absolute atomic E-state index is 0. The van der Waals surface area contributed by atoms with Crippen LogP contribution in [0.5, 0.6) is 0 Å². The van der Waals surface area contributed by atoms with Gasteiger partial charge in [-0.1, -0.05) is 0 Å². The lowest BCUT2D eigenvalue weighted by Gasteiger charge is -2.29. The number of amides is 2. The van der Waals surface area contributed by atoms with Crippen molar-refractivity contribution in [2.24, 2.45) is 5.92 Å². The van der Waals surface area contributed by atoms with Gasteiger partial charge in [-0.25, -0.2) is 0 Å². The minimum Gasteiger partial charge on any atom is -0.378 e. The van der Waals surface area contributed by atoms with Crippen LogP contribution in [0, 0.1) is 5.92 Å². The third-order valence-electron chi connectivity index (χ3n) is 4.00. The van der Waals surface area contributed by atoms with Crippen molar-refractivity contribution in [3.63, 3.8) is 0 Å². The number of hydrogen-bond donors (Lipinski definition) is 2. The van der Waals surface area contributed by atoms with Gasteiger partial charge in [0.1, 0.15) is 6.04 Å². The lowest BCUT2D eigenvalue weighted by molar-refractivity contribution is -0.139. The van der Waals surface area contributed by atoms with Gasteiger partial charge in [-0.2, -0.15) is 0 Å². The summed E-state index contributed by atoms with van der Waals surface area (Å²) in [6.45, 7) is 6.14. The highest BCUT2D eigenvalue weighted by atomic mass is 35.5. The minimum atomic E-state index is -0.442. The molecule has 2 aliphatic rings. The molecule has 2 heterocycles. The van der Waals surface area contributed by atoms with Gasteiger partial charge in [0.2, 0.25) is 11.8 Å². The molecule has 0 aromatic carbocycles. The number of nitrogens with zero attached hydrogens (tertiary/aromatic N) is 1. The first-order valence-corrected chi connectivity index (χ1v) is 7.53. The normalized spacial score (nSPS) is 21.3. The zero-order valence-electron chi connectivity index (χ0n) is 12.6. The molecule has 1 unspecified atom stereocenters. The predicted molar refractivity (Wildman–Crippen MR) is 82.5 cm³/mol. The van der Waals surface area contributed by atoms with E-state index in [0.29, 0.717) is 38.6 Å². The summed E-state index contributed by atoms with van der Waals surface area (Å²) >= 11 is 0. The molecule has 1 atom stereocenters. The van der Waals surface area contributed by atoms with E-state index >= 15 is 0 Å². The summed E-state index contributed by atoms with van der Waals surface area (Å²) in [5.41, 5.74) is 0. The van der Waals surface area contributed by atoms with Crippen molar-refractivity contribution < 1.29 is 14.3 Å². The van der Waals surface area contributed by atoms with Gasteiger partial charge in [0, 0.05) is 19.5 Å². The van der Waals surface area contributed by atoms with Gasteiger partial charge in [-0.15, -0.1) is 12.4 Å². The molecular weight excluding hydrogens is 294 g/mol. The van der Waals surface area contributed by atoms with Crippen LogP contribution in [0.4, 0.5) is 0 Å². The fraction of sp³-hybridized carbons (Fsp3) is 0.857. The Labute approximate surface area is 132 Å². The van der Waals surface area contributed by atoms with Crippen molar-refractivity contribution in [3.05, 3.63) is 0 Å². The molecule has 6 nitrogen and oxygen atoms in total. The second-order valence-corrected chi connectivity index (χ2v) is 5.62. The second-order valence-electron chi connectivity index (χ2n) is 5.62. The van der Waals surface area contributed by atoms with Crippen molar-refractivity contribution in [2.45, 2.75) is 32.2 Å². The van der Waals surface area contributed by atoms with E-state index in [4.69, 9.17) is 4.74 Å². The molecule has 2 amide bonds. The monoisotopic (exact) mass is 319 g/mol. The average Bonchev–Trinajstić information content (AvgIpc) is 2.48. The van der Waals surface area contributed by atoms with Crippen molar-refractivity contribution in [3.8, 4) is 0 Å². The first kappa shape index (κ1) is 18.2. The summed E-state index contributed by atoms with van der Waals surface area (Å²) in [7, 11) is 0. The van der Waals surface area contributed by atoms with Gasteiger partial charge >= 0.3 is 0 Å². The maximum atomic E-state index is 12.2. The standard InChI is InChI=1S/C14H25N3O3.ClH/c1-11(14(19)17-6-8-20-9-7-17)16-13(18)10-12-2-4-15-5-3-12;/h11-12,15H,2-10H2,1H3,(H,16,18);1H. The molecule has 7 heteroatoms. The van der Waals surface area contributed by atoms with Gasteiger partial charge in [0.25, 0.3) is 0 Å².